The summed E-state index contributed by atoms with van der Waals surface area (Å²) in [4.78, 5) is 2.27. The molecule has 1 aliphatic rings. The van der Waals surface area contributed by atoms with Gasteiger partial charge in [0.25, 0.3) is 0 Å². The Morgan fingerprint density at radius 3 is 2.67 bits per heavy atom. The van der Waals surface area contributed by atoms with E-state index in [-0.39, 0.29) is 5.84 Å². The van der Waals surface area contributed by atoms with E-state index in [9.17, 15) is 0 Å². The van der Waals surface area contributed by atoms with Crippen LogP contribution in [0.1, 0.15) is 18.4 Å². The van der Waals surface area contributed by atoms with E-state index in [0.717, 1.165) is 10.0 Å². The summed E-state index contributed by atoms with van der Waals surface area (Å²) in [5, 5.41) is 7.39. The van der Waals surface area contributed by atoms with Crippen LogP contribution in [0.3, 0.4) is 0 Å². The van der Waals surface area contributed by atoms with Gasteiger partial charge in [0.2, 0.25) is 0 Å². The number of hydrogen-bond acceptors (Lipinski definition) is 2. The molecule has 0 spiro atoms. The van der Waals surface area contributed by atoms with Gasteiger partial charge in [0, 0.05) is 28.8 Å². The van der Waals surface area contributed by atoms with E-state index in [4.69, 9.17) is 11.1 Å². The predicted octanol–water partition coefficient (Wildman–Crippen LogP) is 2.33. The van der Waals surface area contributed by atoms with Gasteiger partial charge in [-0.2, -0.15) is 0 Å². The van der Waals surface area contributed by atoms with Gasteiger partial charge < -0.3 is 10.6 Å². The van der Waals surface area contributed by atoms with Crippen molar-refractivity contribution in [3.05, 3.63) is 28.2 Å². The molecule has 80 valence electrons. The third kappa shape index (κ3) is 2.15. The van der Waals surface area contributed by atoms with E-state index in [1.54, 1.807) is 0 Å². The number of nitrogens with two attached hydrogens (primary N) is 1. The summed E-state index contributed by atoms with van der Waals surface area (Å²) in [7, 11) is 2.10. The lowest BCUT2D eigenvalue weighted by atomic mass is 10.2. The van der Waals surface area contributed by atoms with Crippen molar-refractivity contribution in [3.63, 3.8) is 0 Å². The Hall–Kier alpha value is -1.03. The molecule has 3 nitrogen and oxygen atoms in total. The summed E-state index contributed by atoms with van der Waals surface area (Å²) < 4.78 is 0.889. The van der Waals surface area contributed by atoms with Gasteiger partial charge in [-0.05, 0) is 47.0 Å². The zero-order valence-corrected chi connectivity index (χ0v) is 10.2. The number of nitrogens with one attached hydrogen (secondary N) is 1. The molecule has 0 atom stereocenters. The van der Waals surface area contributed by atoms with E-state index < -0.39 is 0 Å². The van der Waals surface area contributed by atoms with Crippen LogP contribution in [0.4, 0.5) is 5.69 Å². The smallest absolute Gasteiger partial charge is 0.123 e. The molecule has 0 radical (unpaired) electrons. The molecular weight excluding hydrogens is 254 g/mol. The van der Waals surface area contributed by atoms with Crippen LogP contribution in [0.25, 0.3) is 0 Å². The lowest BCUT2D eigenvalue weighted by Gasteiger charge is -2.19. The first-order chi connectivity index (χ1) is 7.09. The third-order valence-corrected chi connectivity index (χ3v) is 3.40. The molecule has 1 fully saturated rings. The molecule has 2 rings (SSSR count). The molecule has 0 aliphatic heterocycles. The SMILES string of the molecule is CN(c1ccc(C(=N)N)c(Br)c1)C1CC1. The van der Waals surface area contributed by atoms with E-state index in [1.807, 2.05) is 18.2 Å². The van der Waals surface area contributed by atoms with Gasteiger partial charge >= 0.3 is 0 Å². The molecule has 0 bridgehead atoms. The standard InChI is InChI=1S/C11H14BrN3/c1-15(7-2-3-7)8-4-5-9(11(13)14)10(12)6-8/h4-7H,2-3H2,1H3,(H3,13,14). The van der Waals surface area contributed by atoms with Gasteiger partial charge in [-0.15, -0.1) is 0 Å². The number of anilines is 1. The Bertz CT molecular complexity index is 399. The van der Waals surface area contributed by atoms with Gasteiger partial charge in [0.05, 0.1) is 0 Å². The Kier molecular flexibility index (Phi) is 2.69. The van der Waals surface area contributed by atoms with E-state index in [1.165, 1.54) is 18.5 Å². The summed E-state index contributed by atoms with van der Waals surface area (Å²) in [6.07, 6.45) is 2.56. The topological polar surface area (TPSA) is 53.1 Å². The van der Waals surface area contributed by atoms with E-state index in [2.05, 4.69) is 27.9 Å². The Morgan fingerprint density at radius 2 is 2.20 bits per heavy atom. The van der Waals surface area contributed by atoms with Crippen molar-refractivity contribution in [2.24, 2.45) is 5.73 Å². The quantitative estimate of drug-likeness (QED) is 0.653. The largest absolute Gasteiger partial charge is 0.384 e. The van der Waals surface area contributed by atoms with Crippen LogP contribution in [0.15, 0.2) is 22.7 Å². The first-order valence-electron chi connectivity index (χ1n) is 4.96. The van der Waals surface area contributed by atoms with Crippen molar-refractivity contribution in [2.75, 3.05) is 11.9 Å². The fourth-order valence-electron chi connectivity index (χ4n) is 1.61. The molecule has 0 amide bonds. The summed E-state index contributed by atoms with van der Waals surface area (Å²) in [5.41, 5.74) is 7.38. The minimum Gasteiger partial charge on any atom is -0.384 e. The first kappa shape index (κ1) is 10.5. The number of rotatable bonds is 3. The molecule has 1 aliphatic carbocycles. The Labute approximate surface area is 97.9 Å². The average Bonchev–Trinajstić information content (AvgIpc) is 2.99. The summed E-state index contributed by atoms with van der Waals surface area (Å²) in [6.45, 7) is 0. The highest BCUT2D eigenvalue weighted by atomic mass is 79.9. The first-order valence-corrected chi connectivity index (χ1v) is 5.75. The van der Waals surface area contributed by atoms with Crippen molar-refractivity contribution in [1.29, 1.82) is 5.41 Å². The normalized spacial score (nSPS) is 15.1. The molecule has 4 heteroatoms. The highest BCUT2D eigenvalue weighted by Gasteiger charge is 2.26. The number of nitrogens with zero attached hydrogens (tertiary/aromatic N) is 1. The number of benzene rings is 1. The second-order valence-corrected chi connectivity index (χ2v) is 4.77. The van der Waals surface area contributed by atoms with Crippen LogP contribution in [0, 0.1) is 5.41 Å². The minimum atomic E-state index is 0.0995. The molecule has 3 N–H and O–H groups in total. The lowest BCUT2D eigenvalue weighted by molar-refractivity contribution is 0.916. The lowest BCUT2D eigenvalue weighted by Crippen LogP contribution is -2.20. The van der Waals surface area contributed by atoms with Gasteiger partial charge in [-0.3, -0.25) is 5.41 Å². The fraction of sp³-hybridized carbons (Fsp3) is 0.364. The maximum absolute atomic E-state index is 7.39. The average molecular weight is 268 g/mol. The highest BCUT2D eigenvalue weighted by molar-refractivity contribution is 9.10. The summed E-state index contributed by atoms with van der Waals surface area (Å²) >= 11 is 3.44. The molecule has 1 saturated carbocycles. The third-order valence-electron chi connectivity index (χ3n) is 2.74. The van der Waals surface area contributed by atoms with Crippen LogP contribution in [-0.2, 0) is 0 Å². The van der Waals surface area contributed by atoms with Crippen molar-refractivity contribution < 1.29 is 0 Å². The molecule has 1 aromatic rings. The van der Waals surface area contributed by atoms with E-state index >= 15 is 0 Å². The Morgan fingerprint density at radius 1 is 1.53 bits per heavy atom. The van der Waals surface area contributed by atoms with Crippen LogP contribution in [0.2, 0.25) is 0 Å². The zero-order chi connectivity index (χ0) is 11.0. The number of hydrogen-bond donors (Lipinski definition) is 2. The molecule has 0 unspecified atom stereocenters. The molecule has 0 aromatic heterocycles. The minimum absolute atomic E-state index is 0.0995. The van der Waals surface area contributed by atoms with Crippen molar-refractivity contribution in [2.45, 2.75) is 18.9 Å². The van der Waals surface area contributed by atoms with Gasteiger partial charge in [-0.1, -0.05) is 0 Å². The highest BCUT2D eigenvalue weighted by Crippen LogP contribution is 2.32. The summed E-state index contributed by atoms with van der Waals surface area (Å²) in [5.74, 6) is 0.0995. The van der Waals surface area contributed by atoms with Crippen LogP contribution >= 0.6 is 15.9 Å². The monoisotopic (exact) mass is 267 g/mol. The fourth-order valence-corrected chi connectivity index (χ4v) is 2.19. The molecule has 15 heavy (non-hydrogen) atoms. The predicted molar refractivity (Wildman–Crippen MR) is 66.6 cm³/mol. The molecule has 0 heterocycles. The maximum atomic E-state index is 7.39. The molecular formula is C11H14BrN3. The van der Waals surface area contributed by atoms with Gasteiger partial charge in [0.15, 0.2) is 0 Å². The second kappa shape index (κ2) is 3.85. The van der Waals surface area contributed by atoms with Crippen molar-refractivity contribution in [1.82, 2.24) is 0 Å². The molecule has 0 saturated heterocycles. The Balaban J connectivity index is 2.28. The zero-order valence-electron chi connectivity index (χ0n) is 8.63. The van der Waals surface area contributed by atoms with Gasteiger partial charge in [-0.25, -0.2) is 0 Å². The maximum Gasteiger partial charge on any atom is 0.123 e. The van der Waals surface area contributed by atoms with Crippen LogP contribution in [0.5, 0.6) is 0 Å². The summed E-state index contributed by atoms with van der Waals surface area (Å²) in [6, 6.07) is 6.62. The number of amidine groups is 1. The number of halogens is 1. The van der Waals surface area contributed by atoms with Crippen LogP contribution in [-0.4, -0.2) is 18.9 Å². The number of nitrogen functional groups attached to an aromatic ring is 1. The van der Waals surface area contributed by atoms with E-state index in [0.29, 0.717) is 6.04 Å². The van der Waals surface area contributed by atoms with Crippen LogP contribution < -0.4 is 10.6 Å². The molecule has 1 aromatic carbocycles. The van der Waals surface area contributed by atoms with Gasteiger partial charge in [0.1, 0.15) is 5.84 Å². The van der Waals surface area contributed by atoms with Crippen molar-refractivity contribution >= 4 is 27.5 Å². The second-order valence-electron chi connectivity index (χ2n) is 3.92. The van der Waals surface area contributed by atoms with Crippen molar-refractivity contribution in [3.8, 4) is 0 Å².